The molecule has 0 bridgehead atoms. The average molecular weight is 268 g/mol. The third kappa shape index (κ3) is 4.69. The number of benzene rings is 1. The van der Waals surface area contributed by atoms with Crippen molar-refractivity contribution in [1.29, 1.82) is 0 Å². The van der Waals surface area contributed by atoms with Crippen LogP contribution in [0.2, 0.25) is 0 Å². The summed E-state index contributed by atoms with van der Waals surface area (Å²) in [5.41, 5.74) is 3.05. The van der Waals surface area contributed by atoms with Crippen molar-refractivity contribution in [3.05, 3.63) is 34.9 Å². The molecule has 1 rings (SSSR count). The van der Waals surface area contributed by atoms with Gasteiger partial charge in [-0.1, -0.05) is 23.6 Å². The molecule has 1 amide bonds. The topological polar surface area (TPSA) is 20.3 Å². The van der Waals surface area contributed by atoms with E-state index in [4.69, 9.17) is 11.6 Å². The number of unbranched alkanes of at least 4 members (excludes halogenated alkanes) is 2. The zero-order chi connectivity index (χ0) is 13.5. The Bertz CT molecular complexity index is 383. The summed E-state index contributed by atoms with van der Waals surface area (Å²) in [6, 6.07) is 5.98. The molecule has 0 unspecified atom stereocenters. The number of rotatable bonds is 6. The van der Waals surface area contributed by atoms with Gasteiger partial charge in [-0.2, -0.15) is 0 Å². The largest absolute Gasteiger partial charge is 0.342 e. The Hall–Kier alpha value is -1.02. The van der Waals surface area contributed by atoms with Gasteiger partial charge in [-0.25, -0.2) is 0 Å². The molecular formula is C15H22ClNO. The molecule has 18 heavy (non-hydrogen) atoms. The van der Waals surface area contributed by atoms with Gasteiger partial charge in [0.2, 0.25) is 0 Å². The minimum absolute atomic E-state index is 0.104. The predicted octanol–water partition coefficient (Wildman–Crippen LogP) is 3.78. The lowest BCUT2D eigenvalue weighted by Gasteiger charge is -2.17. The number of halogens is 1. The van der Waals surface area contributed by atoms with Crippen LogP contribution in [0.15, 0.2) is 18.2 Å². The fraction of sp³-hybridized carbons (Fsp3) is 0.533. The molecule has 1 aromatic rings. The molecule has 0 fully saturated rings. The summed E-state index contributed by atoms with van der Waals surface area (Å²) in [6.45, 7) is 4.83. The Labute approximate surface area is 115 Å². The van der Waals surface area contributed by atoms with Crippen molar-refractivity contribution in [2.45, 2.75) is 33.1 Å². The maximum absolute atomic E-state index is 12.2. The Kier molecular flexibility index (Phi) is 6.20. The summed E-state index contributed by atoms with van der Waals surface area (Å²) in [4.78, 5) is 14.0. The maximum atomic E-state index is 12.2. The number of aryl methyl sites for hydroxylation is 2. The first-order valence-electron chi connectivity index (χ1n) is 6.44. The molecule has 0 aliphatic carbocycles. The highest BCUT2D eigenvalue weighted by molar-refractivity contribution is 6.17. The first-order chi connectivity index (χ1) is 8.54. The van der Waals surface area contributed by atoms with Crippen molar-refractivity contribution in [3.63, 3.8) is 0 Å². The van der Waals surface area contributed by atoms with E-state index in [1.54, 1.807) is 4.90 Å². The van der Waals surface area contributed by atoms with Gasteiger partial charge in [-0.05, 0) is 38.8 Å². The number of carbonyl (C=O) groups is 1. The fourth-order valence-electron chi connectivity index (χ4n) is 2.04. The molecule has 1 aromatic carbocycles. The summed E-state index contributed by atoms with van der Waals surface area (Å²) in [5.74, 6) is 0.807. The zero-order valence-corrected chi connectivity index (χ0v) is 12.3. The molecule has 100 valence electrons. The molecule has 0 N–H and O–H groups in total. The van der Waals surface area contributed by atoms with E-state index in [9.17, 15) is 4.79 Å². The van der Waals surface area contributed by atoms with Gasteiger partial charge in [0.15, 0.2) is 0 Å². The van der Waals surface area contributed by atoms with Crippen molar-refractivity contribution in [1.82, 2.24) is 4.90 Å². The van der Waals surface area contributed by atoms with Crippen molar-refractivity contribution < 1.29 is 4.79 Å². The Balaban J connectivity index is 2.57. The van der Waals surface area contributed by atoms with E-state index < -0.39 is 0 Å². The molecule has 0 heterocycles. The highest BCUT2D eigenvalue weighted by Crippen LogP contribution is 2.11. The lowest BCUT2D eigenvalue weighted by atomic mass is 10.1. The second-order valence-electron chi connectivity index (χ2n) is 4.85. The minimum atomic E-state index is 0.104. The Morgan fingerprint density at radius 1 is 1.11 bits per heavy atom. The van der Waals surface area contributed by atoms with Gasteiger partial charge in [0.1, 0.15) is 0 Å². The monoisotopic (exact) mass is 267 g/mol. The highest BCUT2D eigenvalue weighted by atomic mass is 35.5. The average Bonchev–Trinajstić information content (AvgIpc) is 2.32. The molecule has 0 saturated carbocycles. The van der Waals surface area contributed by atoms with Crippen LogP contribution in [-0.4, -0.2) is 30.3 Å². The van der Waals surface area contributed by atoms with Gasteiger partial charge >= 0.3 is 0 Å². The van der Waals surface area contributed by atoms with Crippen LogP contribution in [0.4, 0.5) is 0 Å². The summed E-state index contributed by atoms with van der Waals surface area (Å²) < 4.78 is 0. The summed E-state index contributed by atoms with van der Waals surface area (Å²) in [6.07, 6.45) is 3.11. The van der Waals surface area contributed by atoms with Gasteiger partial charge in [-0.3, -0.25) is 4.79 Å². The van der Waals surface area contributed by atoms with Crippen molar-refractivity contribution in [2.24, 2.45) is 0 Å². The number of carbonyl (C=O) groups excluding carboxylic acids is 1. The molecular weight excluding hydrogens is 246 g/mol. The first kappa shape index (κ1) is 15.0. The van der Waals surface area contributed by atoms with E-state index in [1.165, 1.54) is 0 Å². The molecule has 0 aromatic heterocycles. The van der Waals surface area contributed by atoms with Gasteiger partial charge in [0.05, 0.1) is 0 Å². The van der Waals surface area contributed by atoms with E-state index in [0.717, 1.165) is 42.5 Å². The predicted molar refractivity (Wildman–Crippen MR) is 77.4 cm³/mol. The Morgan fingerprint density at radius 3 is 2.28 bits per heavy atom. The number of alkyl halides is 1. The molecule has 3 heteroatoms. The second kappa shape index (κ2) is 7.42. The number of amides is 1. The first-order valence-corrected chi connectivity index (χ1v) is 6.98. The number of nitrogens with zero attached hydrogens (tertiary/aromatic N) is 1. The van der Waals surface area contributed by atoms with E-state index in [2.05, 4.69) is 6.07 Å². The van der Waals surface area contributed by atoms with E-state index >= 15 is 0 Å². The lowest BCUT2D eigenvalue weighted by molar-refractivity contribution is 0.0792. The highest BCUT2D eigenvalue weighted by Gasteiger charge is 2.11. The SMILES string of the molecule is Cc1cc(C)cc(C(=O)N(C)CCCCCCl)c1. The summed E-state index contributed by atoms with van der Waals surface area (Å²) >= 11 is 5.63. The molecule has 0 radical (unpaired) electrons. The molecule has 0 aliphatic heterocycles. The van der Waals surface area contributed by atoms with E-state index in [0.29, 0.717) is 5.88 Å². The zero-order valence-electron chi connectivity index (χ0n) is 11.5. The van der Waals surface area contributed by atoms with E-state index in [1.807, 2.05) is 33.0 Å². The van der Waals surface area contributed by atoms with Crippen LogP contribution in [-0.2, 0) is 0 Å². The second-order valence-corrected chi connectivity index (χ2v) is 5.23. The van der Waals surface area contributed by atoms with Crippen molar-refractivity contribution in [3.8, 4) is 0 Å². The Morgan fingerprint density at radius 2 is 1.72 bits per heavy atom. The smallest absolute Gasteiger partial charge is 0.253 e. The molecule has 0 saturated heterocycles. The van der Waals surface area contributed by atoms with Crippen molar-refractivity contribution in [2.75, 3.05) is 19.5 Å². The number of hydrogen-bond acceptors (Lipinski definition) is 1. The van der Waals surface area contributed by atoms with Gasteiger partial charge < -0.3 is 4.90 Å². The maximum Gasteiger partial charge on any atom is 0.253 e. The van der Waals surface area contributed by atoms with Gasteiger partial charge in [-0.15, -0.1) is 11.6 Å². The minimum Gasteiger partial charge on any atom is -0.342 e. The van der Waals surface area contributed by atoms with Crippen LogP contribution in [0.25, 0.3) is 0 Å². The lowest BCUT2D eigenvalue weighted by Crippen LogP contribution is -2.27. The third-order valence-electron chi connectivity index (χ3n) is 2.94. The van der Waals surface area contributed by atoms with Crippen LogP contribution in [0.1, 0.15) is 40.7 Å². The van der Waals surface area contributed by atoms with E-state index in [-0.39, 0.29) is 5.91 Å². The fourth-order valence-corrected chi connectivity index (χ4v) is 2.23. The van der Waals surface area contributed by atoms with Crippen LogP contribution in [0, 0.1) is 13.8 Å². The molecule has 2 nitrogen and oxygen atoms in total. The number of hydrogen-bond donors (Lipinski definition) is 0. The third-order valence-corrected chi connectivity index (χ3v) is 3.21. The van der Waals surface area contributed by atoms with Crippen LogP contribution in [0.3, 0.4) is 0 Å². The summed E-state index contributed by atoms with van der Waals surface area (Å²) in [5, 5.41) is 0. The van der Waals surface area contributed by atoms with Gasteiger partial charge in [0, 0.05) is 25.0 Å². The van der Waals surface area contributed by atoms with Gasteiger partial charge in [0.25, 0.3) is 5.91 Å². The van der Waals surface area contributed by atoms with Crippen LogP contribution in [0.5, 0.6) is 0 Å². The molecule has 0 spiro atoms. The van der Waals surface area contributed by atoms with Crippen LogP contribution < -0.4 is 0 Å². The molecule has 0 aliphatic rings. The molecule has 0 atom stereocenters. The standard InChI is InChI=1S/C15H22ClNO/c1-12-9-13(2)11-14(10-12)15(18)17(3)8-6-4-5-7-16/h9-11H,4-8H2,1-3H3. The van der Waals surface area contributed by atoms with Crippen molar-refractivity contribution >= 4 is 17.5 Å². The quantitative estimate of drug-likeness (QED) is 0.567. The summed E-state index contributed by atoms with van der Waals surface area (Å²) in [7, 11) is 1.86. The van der Waals surface area contributed by atoms with Crippen LogP contribution >= 0.6 is 11.6 Å². The normalized spacial score (nSPS) is 10.4.